The Bertz CT molecular complexity index is 1370. The third-order valence-corrected chi connectivity index (χ3v) is 7.00. The zero-order valence-electron chi connectivity index (χ0n) is 23.7. The van der Waals surface area contributed by atoms with Crippen LogP contribution in [0.15, 0.2) is 46.3 Å². The number of anilines is 2. The molecule has 2 aromatic heterocycles. The fraction of sp³-hybridized carbons (Fsp3) is 0.500. The number of benzene rings is 1. The predicted octanol–water partition coefficient (Wildman–Crippen LogP) is 5.83. The van der Waals surface area contributed by atoms with Crippen LogP contribution < -0.4 is 16.0 Å². The van der Waals surface area contributed by atoms with Crippen molar-refractivity contribution in [3.05, 3.63) is 36.4 Å². The molecule has 0 aliphatic carbocycles. The van der Waals surface area contributed by atoms with Crippen molar-refractivity contribution in [1.82, 2.24) is 19.9 Å². The Hall–Kier alpha value is -3.47. The molecule has 3 heterocycles. The third-order valence-electron chi connectivity index (χ3n) is 6.07. The van der Waals surface area contributed by atoms with E-state index in [1.807, 2.05) is 89.8 Å². The number of nitrogen functional groups attached to an aromatic ring is 1. The van der Waals surface area contributed by atoms with Crippen LogP contribution in [0.2, 0.25) is 0 Å². The number of hydrogen-bond donors (Lipinski definition) is 2. The number of nitrogens with zero attached hydrogens (tertiary/aromatic N) is 4. The van der Waals surface area contributed by atoms with Crippen LogP contribution in [0.5, 0.6) is 0 Å². The first-order chi connectivity index (χ1) is 18.1. The maximum absolute atomic E-state index is 13.5. The Kier molecular flexibility index (Phi) is 7.75. The molecule has 1 aliphatic heterocycles. The number of amides is 1. The number of fused-ring (bicyclic) bond motifs is 1. The van der Waals surface area contributed by atoms with E-state index in [1.165, 1.54) is 16.3 Å². The molecule has 0 radical (unpaired) electrons. The van der Waals surface area contributed by atoms with E-state index in [2.05, 4.69) is 5.32 Å². The van der Waals surface area contributed by atoms with Crippen molar-refractivity contribution in [2.24, 2.45) is 0 Å². The summed E-state index contributed by atoms with van der Waals surface area (Å²) in [7, 11) is 0. The minimum atomic E-state index is -0.698. The Morgan fingerprint density at radius 1 is 1.00 bits per heavy atom. The highest BCUT2D eigenvalue weighted by Gasteiger charge is 2.36. The van der Waals surface area contributed by atoms with Crippen LogP contribution in [-0.2, 0) is 9.47 Å². The van der Waals surface area contributed by atoms with E-state index in [1.54, 1.807) is 0 Å². The number of hydrogen-bond acceptors (Lipinski definition) is 9. The number of imidazole rings is 1. The lowest BCUT2D eigenvalue weighted by Gasteiger charge is -2.40. The van der Waals surface area contributed by atoms with Crippen molar-refractivity contribution < 1.29 is 19.1 Å². The Labute approximate surface area is 233 Å². The molecule has 1 fully saturated rings. The molecule has 210 valence electrons. The molecule has 10 nitrogen and oxygen atoms in total. The summed E-state index contributed by atoms with van der Waals surface area (Å²) in [6.45, 7) is 14.1. The van der Waals surface area contributed by atoms with Gasteiger partial charge in [-0.3, -0.25) is 0 Å². The second-order valence-corrected chi connectivity index (χ2v) is 13.2. The van der Waals surface area contributed by atoms with Crippen LogP contribution in [-0.4, -0.2) is 56.6 Å². The SMILES string of the molecule is CC1(NC(=O)OC(C)(C)C)CCN(c2nc3ccc(Sc4cccc(N)c4)nc3n2C(=O)OC(C)(C)C)CC1. The molecule has 3 N–H and O–H groups in total. The van der Waals surface area contributed by atoms with Crippen LogP contribution in [0.3, 0.4) is 0 Å². The van der Waals surface area contributed by atoms with Crippen LogP contribution in [0.25, 0.3) is 11.2 Å². The smallest absolute Gasteiger partial charge is 0.423 e. The van der Waals surface area contributed by atoms with Crippen LogP contribution in [0, 0.1) is 0 Å². The standard InChI is InChI=1S/C28H38N6O4S/c1-26(2,3)37-24(35)32-28(7)13-15-33(16-14-28)23-30-20-11-12-21(39-19-10-8-9-18(29)17-19)31-22(20)34(23)25(36)38-27(4,5)6/h8-12,17H,13-16,29H2,1-7H3,(H,32,35). The highest BCUT2D eigenvalue weighted by Crippen LogP contribution is 2.32. The van der Waals surface area contributed by atoms with Gasteiger partial charge in [0, 0.05) is 29.2 Å². The summed E-state index contributed by atoms with van der Waals surface area (Å²) < 4.78 is 12.7. The molecule has 0 spiro atoms. The number of rotatable bonds is 4. The highest BCUT2D eigenvalue weighted by molar-refractivity contribution is 7.99. The molecule has 1 aromatic carbocycles. The van der Waals surface area contributed by atoms with E-state index in [4.69, 9.17) is 25.2 Å². The zero-order valence-corrected chi connectivity index (χ0v) is 24.5. The lowest BCUT2D eigenvalue weighted by Crippen LogP contribution is -2.54. The molecule has 11 heteroatoms. The second kappa shape index (κ2) is 10.6. The van der Waals surface area contributed by atoms with Gasteiger partial charge in [-0.2, -0.15) is 4.57 Å². The predicted molar refractivity (Wildman–Crippen MR) is 153 cm³/mol. The van der Waals surface area contributed by atoms with Crippen molar-refractivity contribution in [3.8, 4) is 0 Å². The van der Waals surface area contributed by atoms with E-state index >= 15 is 0 Å². The Balaban J connectivity index is 1.62. The van der Waals surface area contributed by atoms with Gasteiger partial charge in [-0.25, -0.2) is 19.6 Å². The number of nitrogens with one attached hydrogen (secondary N) is 1. The molecule has 0 bridgehead atoms. The number of alkyl carbamates (subject to hydrolysis) is 1. The number of aromatic nitrogens is 3. The first-order valence-corrected chi connectivity index (χ1v) is 13.8. The van der Waals surface area contributed by atoms with E-state index in [9.17, 15) is 9.59 Å². The fourth-order valence-corrected chi connectivity index (χ4v) is 5.10. The number of nitrogens with two attached hydrogens (primary N) is 1. The summed E-state index contributed by atoms with van der Waals surface area (Å²) in [4.78, 5) is 38.4. The van der Waals surface area contributed by atoms with E-state index in [0.717, 1.165) is 4.90 Å². The van der Waals surface area contributed by atoms with Gasteiger partial charge in [0.05, 0.1) is 0 Å². The Morgan fingerprint density at radius 2 is 1.67 bits per heavy atom. The van der Waals surface area contributed by atoms with Crippen LogP contribution >= 0.6 is 11.8 Å². The van der Waals surface area contributed by atoms with Gasteiger partial charge in [0.2, 0.25) is 5.95 Å². The summed E-state index contributed by atoms with van der Waals surface area (Å²) in [5.41, 5.74) is 5.91. The molecular weight excluding hydrogens is 516 g/mol. The van der Waals surface area contributed by atoms with Gasteiger partial charge >= 0.3 is 12.2 Å². The summed E-state index contributed by atoms with van der Waals surface area (Å²) >= 11 is 1.45. The van der Waals surface area contributed by atoms with Crippen LogP contribution in [0.1, 0.15) is 61.3 Å². The first-order valence-electron chi connectivity index (χ1n) is 13.0. The molecule has 1 saturated heterocycles. The van der Waals surface area contributed by atoms with Gasteiger partial charge in [-0.1, -0.05) is 17.8 Å². The van der Waals surface area contributed by atoms with Crippen molar-refractivity contribution in [2.45, 2.75) is 88.0 Å². The quantitative estimate of drug-likeness (QED) is 0.383. The molecule has 0 saturated carbocycles. The molecule has 3 aromatic rings. The zero-order chi connectivity index (χ0) is 28.6. The minimum absolute atomic E-state index is 0.424. The maximum Gasteiger partial charge on any atom is 0.423 e. The third kappa shape index (κ3) is 7.35. The van der Waals surface area contributed by atoms with Gasteiger partial charge in [0.1, 0.15) is 21.7 Å². The number of ether oxygens (including phenoxy) is 2. The molecular formula is C28H38N6O4S. The summed E-state index contributed by atoms with van der Waals surface area (Å²) in [5.74, 6) is 0.470. The fourth-order valence-electron chi connectivity index (χ4n) is 4.25. The largest absolute Gasteiger partial charge is 0.444 e. The summed E-state index contributed by atoms with van der Waals surface area (Å²) in [6.07, 6.45) is 0.314. The average molecular weight is 555 g/mol. The highest BCUT2D eigenvalue weighted by atomic mass is 32.2. The molecule has 1 amide bonds. The molecule has 0 atom stereocenters. The molecule has 39 heavy (non-hydrogen) atoms. The monoisotopic (exact) mass is 554 g/mol. The van der Waals surface area contributed by atoms with E-state index in [-0.39, 0.29) is 0 Å². The van der Waals surface area contributed by atoms with Crippen molar-refractivity contribution in [1.29, 1.82) is 0 Å². The number of carbonyl (C=O) groups excluding carboxylic acids is 2. The normalized spacial score (nSPS) is 15.7. The molecule has 4 rings (SSSR count). The van der Waals surface area contributed by atoms with Crippen LogP contribution in [0.4, 0.5) is 21.2 Å². The summed E-state index contributed by atoms with van der Waals surface area (Å²) in [5, 5.41) is 3.73. The molecule has 0 unspecified atom stereocenters. The van der Waals surface area contributed by atoms with Crippen molar-refractivity contribution in [3.63, 3.8) is 0 Å². The molecule has 1 aliphatic rings. The van der Waals surface area contributed by atoms with Gasteiger partial charge in [-0.05, 0) is 91.6 Å². The number of piperidine rings is 1. The van der Waals surface area contributed by atoms with Crippen molar-refractivity contribution >= 4 is 46.7 Å². The number of carbonyl (C=O) groups is 2. The lowest BCUT2D eigenvalue weighted by molar-refractivity contribution is 0.0448. The van der Waals surface area contributed by atoms with Gasteiger partial charge in [-0.15, -0.1) is 0 Å². The average Bonchev–Trinajstić information content (AvgIpc) is 3.15. The first kappa shape index (κ1) is 28.5. The second-order valence-electron chi connectivity index (χ2n) is 12.1. The van der Waals surface area contributed by atoms with Gasteiger partial charge in [0.15, 0.2) is 5.65 Å². The van der Waals surface area contributed by atoms with E-state index < -0.39 is 28.9 Å². The maximum atomic E-state index is 13.5. The summed E-state index contributed by atoms with van der Waals surface area (Å²) in [6, 6.07) is 11.3. The van der Waals surface area contributed by atoms with Crippen molar-refractivity contribution in [2.75, 3.05) is 23.7 Å². The topological polar surface area (TPSA) is 125 Å². The lowest BCUT2D eigenvalue weighted by atomic mass is 9.90. The van der Waals surface area contributed by atoms with Gasteiger partial charge < -0.3 is 25.4 Å². The number of pyridine rings is 1. The Morgan fingerprint density at radius 3 is 2.28 bits per heavy atom. The van der Waals surface area contributed by atoms with E-state index in [0.29, 0.717) is 53.8 Å². The minimum Gasteiger partial charge on any atom is -0.444 e. The van der Waals surface area contributed by atoms with Gasteiger partial charge in [0.25, 0.3) is 0 Å².